The van der Waals surface area contributed by atoms with Crippen LogP contribution in [0.3, 0.4) is 0 Å². The van der Waals surface area contributed by atoms with Crippen molar-refractivity contribution >= 4 is 17.6 Å². The van der Waals surface area contributed by atoms with Crippen molar-refractivity contribution in [2.75, 3.05) is 11.5 Å². The molecular formula is C20H18NO5-. The van der Waals surface area contributed by atoms with E-state index in [1.54, 1.807) is 11.0 Å². The summed E-state index contributed by atoms with van der Waals surface area (Å²) < 4.78 is 12.3. The van der Waals surface area contributed by atoms with Crippen molar-refractivity contribution in [2.45, 2.75) is 37.2 Å². The van der Waals surface area contributed by atoms with Crippen molar-refractivity contribution in [1.82, 2.24) is 0 Å². The van der Waals surface area contributed by atoms with Crippen LogP contribution in [0.15, 0.2) is 30.4 Å². The maximum Gasteiger partial charge on any atom is 0.234 e. The van der Waals surface area contributed by atoms with Gasteiger partial charge in [0.05, 0.1) is 24.2 Å². The molecule has 26 heavy (non-hydrogen) atoms. The zero-order valence-corrected chi connectivity index (χ0v) is 14.3. The van der Waals surface area contributed by atoms with Crippen LogP contribution in [-0.2, 0) is 19.1 Å². The molecule has 7 atom stereocenters. The minimum absolute atomic E-state index is 0.0786. The summed E-state index contributed by atoms with van der Waals surface area (Å²) in [4.78, 5) is 27.0. The van der Waals surface area contributed by atoms with E-state index >= 15 is 0 Å². The second-order valence-electron chi connectivity index (χ2n) is 8.08. The number of fused-ring (bicyclic) bond motifs is 7. The van der Waals surface area contributed by atoms with E-state index in [4.69, 9.17) is 9.47 Å². The number of carbonyl (C=O) groups is 2. The van der Waals surface area contributed by atoms with Crippen LogP contribution in [0.1, 0.15) is 23.7 Å². The fourth-order valence-electron chi connectivity index (χ4n) is 6.02. The number of hydrogen-bond acceptors (Lipinski definition) is 5. The average Bonchev–Trinajstić information content (AvgIpc) is 3.35. The maximum absolute atomic E-state index is 13.4. The topological polar surface area (TPSA) is 78.9 Å². The normalized spacial score (nSPS) is 44.0. The largest absolute Gasteiger partial charge is 0.550 e. The Hall–Kier alpha value is -2.18. The Labute approximate surface area is 150 Å². The second-order valence-corrected chi connectivity index (χ2v) is 8.08. The quantitative estimate of drug-likeness (QED) is 0.688. The summed E-state index contributed by atoms with van der Waals surface area (Å²) in [5.74, 6) is -2.91. The molecule has 0 saturated carbocycles. The van der Waals surface area contributed by atoms with Crippen molar-refractivity contribution in [2.24, 2.45) is 17.8 Å². The first kappa shape index (κ1) is 14.9. The van der Waals surface area contributed by atoms with E-state index in [0.29, 0.717) is 6.61 Å². The van der Waals surface area contributed by atoms with E-state index < -0.39 is 29.5 Å². The molecule has 5 aliphatic rings. The highest BCUT2D eigenvalue weighted by Crippen LogP contribution is 2.62. The van der Waals surface area contributed by atoms with Crippen LogP contribution >= 0.6 is 0 Å². The molecule has 0 aliphatic carbocycles. The van der Waals surface area contributed by atoms with Crippen LogP contribution < -0.4 is 10.0 Å². The van der Waals surface area contributed by atoms with Gasteiger partial charge in [0, 0.05) is 35.7 Å². The lowest BCUT2D eigenvalue weighted by Gasteiger charge is -2.44. The molecule has 6 heteroatoms. The highest BCUT2D eigenvalue weighted by atomic mass is 16.5. The van der Waals surface area contributed by atoms with Crippen molar-refractivity contribution in [1.29, 1.82) is 0 Å². The summed E-state index contributed by atoms with van der Waals surface area (Å²) in [7, 11) is 0. The van der Waals surface area contributed by atoms with Gasteiger partial charge in [-0.1, -0.05) is 29.8 Å². The van der Waals surface area contributed by atoms with Crippen LogP contribution in [0, 0.1) is 24.7 Å². The minimum atomic E-state index is -1.21. The summed E-state index contributed by atoms with van der Waals surface area (Å²) in [5, 5.41) is 11.8. The molecule has 1 aromatic rings. The van der Waals surface area contributed by atoms with E-state index in [2.05, 4.69) is 6.07 Å². The summed E-state index contributed by atoms with van der Waals surface area (Å²) >= 11 is 0. The molecule has 0 aromatic heterocycles. The Morgan fingerprint density at radius 3 is 3.04 bits per heavy atom. The number of aliphatic carboxylic acids is 1. The van der Waals surface area contributed by atoms with E-state index in [0.717, 1.165) is 23.2 Å². The molecule has 0 N–H and O–H groups in total. The van der Waals surface area contributed by atoms with Gasteiger partial charge >= 0.3 is 0 Å². The lowest BCUT2D eigenvalue weighted by molar-refractivity contribution is -0.313. The van der Waals surface area contributed by atoms with Gasteiger partial charge in [0.1, 0.15) is 5.60 Å². The number of benzene rings is 1. The van der Waals surface area contributed by atoms with Crippen molar-refractivity contribution < 1.29 is 24.2 Å². The first-order valence-corrected chi connectivity index (χ1v) is 9.16. The SMILES string of the molecule is Cc1ccc2c(c1)[C@H]1OCC[C@@H]1[C@@H]1N2C(=O)[C@H]2[C@@H](C(=O)[O-])[C@H]3C=C[C@@]12O3. The third kappa shape index (κ3) is 1.48. The summed E-state index contributed by atoms with van der Waals surface area (Å²) in [6.45, 7) is 2.66. The number of hydrogen-bond donors (Lipinski definition) is 0. The fraction of sp³-hybridized carbons (Fsp3) is 0.500. The lowest BCUT2D eigenvalue weighted by atomic mass is 9.70. The fourth-order valence-corrected chi connectivity index (χ4v) is 6.02. The Morgan fingerprint density at radius 2 is 2.23 bits per heavy atom. The predicted molar refractivity (Wildman–Crippen MR) is 88.0 cm³/mol. The molecule has 5 aliphatic heterocycles. The van der Waals surface area contributed by atoms with Gasteiger partial charge in [0.25, 0.3) is 0 Å². The molecule has 3 fully saturated rings. The van der Waals surface area contributed by atoms with Crippen LogP contribution in [0.4, 0.5) is 5.69 Å². The van der Waals surface area contributed by atoms with Crippen LogP contribution in [0.2, 0.25) is 0 Å². The third-order valence-electron chi connectivity index (χ3n) is 6.89. The molecule has 0 unspecified atom stereocenters. The molecular weight excluding hydrogens is 334 g/mol. The molecule has 2 bridgehead atoms. The molecule has 0 radical (unpaired) electrons. The molecule has 6 rings (SSSR count). The van der Waals surface area contributed by atoms with Gasteiger partial charge in [0.2, 0.25) is 5.91 Å². The van der Waals surface area contributed by atoms with Gasteiger partial charge in [-0.2, -0.15) is 0 Å². The number of aryl methyl sites for hydroxylation is 1. The first-order valence-electron chi connectivity index (χ1n) is 9.16. The van der Waals surface area contributed by atoms with E-state index in [-0.39, 0.29) is 24.0 Å². The Bertz CT molecular complexity index is 894. The number of rotatable bonds is 1. The van der Waals surface area contributed by atoms with Crippen LogP contribution in [-0.4, -0.2) is 36.2 Å². The van der Waals surface area contributed by atoms with E-state index in [1.807, 2.05) is 25.1 Å². The van der Waals surface area contributed by atoms with Gasteiger partial charge < -0.3 is 24.3 Å². The van der Waals surface area contributed by atoms with Crippen molar-refractivity contribution in [3.8, 4) is 0 Å². The number of nitrogens with zero attached hydrogens (tertiary/aromatic N) is 1. The Balaban J connectivity index is 1.59. The van der Waals surface area contributed by atoms with Crippen LogP contribution in [0.5, 0.6) is 0 Å². The molecule has 6 nitrogen and oxygen atoms in total. The lowest BCUT2D eigenvalue weighted by Crippen LogP contribution is -2.53. The monoisotopic (exact) mass is 352 g/mol. The summed E-state index contributed by atoms with van der Waals surface area (Å²) in [5.41, 5.74) is 2.09. The second kappa shape index (κ2) is 4.56. The first-order chi connectivity index (χ1) is 12.5. The van der Waals surface area contributed by atoms with Gasteiger partial charge in [-0.05, 0) is 19.4 Å². The highest BCUT2D eigenvalue weighted by Gasteiger charge is 2.73. The summed E-state index contributed by atoms with van der Waals surface area (Å²) in [6.07, 6.45) is 3.91. The van der Waals surface area contributed by atoms with E-state index in [9.17, 15) is 14.7 Å². The smallest absolute Gasteiger partial charge is 0.234 e. The predicted octanol–water partition coefficient (Wildman–Crippen LogP) is 0.491. The Kier molecular flexibility index (Phi) is 2.62. The molecule has 1 spiro atoms. The molecule has 5 heterocycles. The number of carbonyl (C=O) groups excluding carboxylic acids is 2. The molecule has 134 valence electrons. The number of carboxylic acid groups (broad SMARTS) is 1. The van der Waals surface area contributed by atoms with E-state index in [1.165, 1.54) is 0 Å². The average molecular weight is 352 g/mol. The number of amides is 1. The molecule has 1 amide bonds. The van der Waals surface area contributed by atoms with Crippen molar-refractivity contribution in [3.63, 3.8) is 0 Å². The number of carboxylic acids is 1. The van der Waals surface area contributed by atoms with Crippen LogP contribution in [0.25, 0.3) is 0 Å². The molecule has 1 aromatic carbocycles. The van der Waals surface area contributed by atoms with Crippen molar-refractivity contribution in [3.05, 3.63) is 41.5 Å². The number of ether oxygens (including phenoxy) is 2. The third-order valence-corrected chi connectivity index (χ3v) is 6.89. The minimum Gasteiger partial charge on any atom is -0.550 e. The summed E-state index contributed by atoms with van der Waals surface area (Å²) in [6, 6.07) is 5.79. The van der Waals surface area contributed by atoms with Gasteiger partial charge in [0.15, 0.2) is 0 Å². The zero-order chi connectivity index (χ0) is 17.8. The molecule has 3 saturated heterocycles. The highest BCUT2D eigenvalue weighted by molar-refractivity contribution is 6.04. The van der Waals surface area contributed by atoms with Gasteiger partial charge in [-0.25, -0.2) is 0 Å². The Morgan fingerprint density at radius 1 is 1.38 bits per heavy atom. The zero-order valence-electron chi connectivity index (χ0n) is 14.3. The maximum atomic E-state index is 13.4. The number of anilines is 1. The van der Waals surface area contributed by atoms with Gasteiger partial charge in [-0.15, -0.1) is 0 Å². The standard InChI is InChI=1S/C20H19NO5/c1-9-2-3-12-11(8-9)16-10(5-7-25-16)17-20-6-4-13(26-20)14(19(23)24)15(20)18(22)21(12)17/h2-4,6,8,10,13-17H,5,7H2,1H3,(H,23,24)/p-1/t10-,13+,14-,15+,16-,17-,20-/m0/s1. The van der Waals surface area contributed by atoms with Gasteiger partial charge in [-0.3, -0.25) is 4.79 Å².